The molecule has 0 aromatic heterocycles. The highest BCUT2D eigenvalue weighted by molar-refractivity contribution is 7.89. The van der Waals surface area contributed by atoms with Crippen molar-refractivity contribution < 1.29 is 21.6 Å². The van der Waals surface area contributed by atoms with Gasteiger partial charge >= 0.3 is 0 Å². The van der Waals surface area contributed by atoms with Gasteiger partial charge in [0.15, 0.2) is 0 Å². The van der Waals surface area contributed by atoms with E-state index in [1.54, 1.807) is 26.0 Å². The SMILES string of the molecule is CNS(=O)(=O)c1cccc(C(=O)NCc2cccc(S(=O)(=O)NC(C)C)c2)c1. The van der Waals surface area contributed by atoms with Crippen molar-refractivity contribution in [2.75, 3.05) is 7.05 Å². The lowest BCUT2D eigenvalue weighted by Crippen LogP contribution is -2.30. The first-order valence-corrected chi connectivity index (χ1v) is 11.4. The minimum atomic E-state index is -3.66. The summed E-state index contributed by atoms with van der Waals surface area (Å²) in [5.74, 6) is -0.471. The van der Waals surface area contributed by atoms with Crippen LogP contribution in [-0.4, -0.2) is 35.8 Å². The van der Waals surface area contributed by atoms with E-state index in [1.165, 1.54) is 43.4 Å². The fraction of sp³-hybridized carbons (Fsp3) is 0.278. The van der Waals surface area contributed by atoms with Crippen LogP contribution in [0.5, 0.6) is 0 Å². The third kappa shape index (κ3) is 5.61. The normalized spacial score (nSPS) is 12.1. The zero-order valence-corrected chi connectivity index (χ0v) is 17.4. The average molecular weight is 426 g/mol. The predicted molar refractivity (Wildman–Crippen MR) is 106 cm³/mol. The van der Waals surface area contributed by atoms with E-state index in [0.29, 0.717) is 5.56 Å². The van der Waals surface area contributed by atoms with Crippen molar-refractivity contribution in [3.05, 3.63) is 59.7 Å². The highest BCUT2D eigenvalue weighted by Crippen LogP contribution is 2.14. The lowest BCUT2D eigenvalue weighted by molar-refractivity contribution is 0.0950. The molecule has 0 aliphatic rings. The predicted octanol–water partition coefficient (Wildman–Crippen LogP) is 1.21. The molecule has 0 unspecified atom stereocenters. The van der Waals surface area contributed by atoms with Crippen molar-refractivity contribution in [2.45, 2.75) is 36.2 Å². The Hall–Kier alpha value is -2.27. The smallest absolute Gasteiger partial charge is 0.251 e. The molecule has 0 saturated heterocycles. The molecule has 0 spiro atoms. The molecule has 10 heteroatoms. The van der Waals surface area contributed by atoms with Gasteiger partial charge in [0, 0.05) is 18.2 Å². The van der Waals surface area contributed by atoms with Gasteiger partial charge in [-0.15, -0.1) is 0 Å². The fourth-order valence-corrected chi connectivity index (χ4v) is 4.50. The Morgan fingerprint density at radius 1 is 0.929 bits per heavy atom. The summed E-state index contributed by atoms with van der Waals surface area (Å²) in [7, 11) is -6.00. The van der Waals surface area contributed by atoms with Crippen molar-refractivity contribution in [2.24, 2.45) is 0 Å². The highest BCUT2D eigenvalue weighted by Gasteiger charge is 2.16. The van der Waals surface area contributed by atoms with E-state index in [4.69, 9.17) is 0 Å². The molecule has 152 valence electrons. The number of sulfonamides is 2. The van der Waals surface area contributed by atoms with E-state index in [-0.39, 0.29) is 27.9 Å². The number of benzene rings is 2. The van der Waals surface area contributed by atoms with Crippen molar-refractivity contribution in [3.63, 3.8) is 0 Å². The van der Waals surface area contributed by atoms with Crippen LogP contribution in [-0.2, 0) is 26.6 Å². The van der Waals surface area contributed by atoms with Crippen LogP contribution >= 0.6 is 0 Å². The van der Waals surface area contributed by atoms with Gasteiger partial charge in [0.1, 0.15) is 0 Å². The molecule has 0 saturated carbocycles. The van der Waals surface area contributed by atoms with Gasteiger partial charge in [0.25, 0.3) is 5.91 Å². The van der Waals surface area contributed by atoms with Crippen LogP contribution in [0.15, 0.2) is 58.3 Å². The molecule has 0 heterocycles. The van der Waals surface area contributed by atoms with E-state index in [9.17, 15) is 21.6 Å². The number of carbonyl (C=O) groups is 1. The third-order valence-electron chi connectivity index (χ3n) is 3.73. The van der Waals surface area contributed by atoms with Crippen LogP contribution in [0.25, 0.3) is 0 Å². The molecule has 2 aromatic carbocycles. The molecule has 8 nitrogen and oxygen atoms in total. The second kappa shape index (κ2) is 8.82. The van der Waals surface area contributed by atoms with Gasteiger partial charge in [0.05, 0.1) is 9.79 Å². The van der Waals surface area contributed by atoms with Crippen LogP contribution in [0.3, 0.4) is 0 Å². The molecule has 1 amide bonds. The van der Waals surface area contributed by atoms with Gasteiger partial charge in [-0.25, -0.2) is 26.3 Å². The molecule has 0 aliphatic carbocycles. The van der Waals surface area contributed by atoms with Crippen molar-refractivity contribution >= 4 is 26.0 Å². The second-order valence-electron chi connectivity index (χ2n) is 6.34. The van der Waals surface area contributed by atoms with E-state index in [2.05, 4.69) is 14.8 Å². The third-order valence-corrected chi connectivity index (χ3v) is 6.80. The van der Waals surface area contributed by atoms with Crippen molar-refractivity contribution in [1.29, 1.82) is 0 Å². The number of nitrogens with one attached hydrogen (secondary N) is 3. The van der Waals surface area contributed by atoms with Crippen LogP contribution in [0, 0.1) is 0 Å². The minimum Gasteiger partial charge on any atom is -0.348 e. The summed E-state index contributed by atoms with van der Waals surface area (Å²) in [5.41, 5.74) is 0.778. The van der Waals surface area contributed by atoms with Gasteiger partial charge in [-0.05, 0) is 56.8 Å². The fourth-order valence-electron chi connectivity index (χ4n) is 2.41. The van der Waals surface area contributed by atoms with Crippen LogP contribution < -0.4 is 14.8 Å². The Kier molecular flexibility index (Phi) is 6.94. The van der Waals surface area contributed by atoms with Gasteiger partial charge in [-0.1, -0.05) is 18.2 Å². The van der Waals surface area contributed by atoms with Crippen molar-refractivity contribution in [3.8, 4) is 0 Å². The van der Waals surface area contributed by atoms with E-state index in [1.807, 2.05) is 0 Å². The average Bonchev–Trinajstić information content (AvgIpc) is 2.65. The zero-order chi connectivity index (χ0) is 20.9. The maximum atomic E-state index is 12.4. The first-order valence-electron chi connectivity index (χ1n) is 8.48. The molecule has 2 rings (SSSR count). The van der Waals surface area contributed by atoms with Crippen LogP contribution in [0.2, 0.25) is 0 Å². The van der Waals surface area contributed by atoms with Gasteiger partial charge in [-0.3, -0.25) is 4.79 Å². The summed E-state index contributed by atoms with van der Waals surface area (Å²) >= 11 is 0. The molecule has 3 N–H and O–H groups in total. The molecule has 2 aromatic rings. The Morgan fingerprint density at radius 3 is 2.14 bits per heavy atom. The largest absolute Gasteiger partial charge is 0.348 e. The maximum Gasteiger partial charge on any atom is 0.251 e. The van der Waals surface area contributed by atoms with E-state index in [0.717, 1.165) is 0 Å². The molecule has 28 heavy (non-hydrogen) atoms. The summed E-state index contributed by atoms with van der Waals surface area (Å²) in [5, 5.41) is 2.66. The number of hydrogen-bond acceptors (Lipinski definition) is 5. The summed E-state index contributed by atoms with van der Waals surface area (Å²) in [6.45, 7) is 3.54. The number of hydrogen-bond donors (Lipinski definition) is 3. The molecule has 0 atom stereocenters. The summed E-state index contributed by atoms with van der Waals surface area (Å²) in [6.07, 6.45) is 0. The zero-order valence-electron chi connectivity index (χ0n) is 15.8. The minimum absolute atomic E-state index is 0.0181. The Bertz CT molecular complexity index is 1060. The van der Waals surface area contributed by atoms with E-state index < -0.39 is 26.0 Å². The van der Waals surface area contributed by atoms with Gasteiger partial charge < -0.3 is 5.32 Å². The monoisotopic (exact) mass is 425 g/mol. The van der Waals surface area contributed by atoms with Crippen molar-refractivity contribution in [1.82, 2.24) is 14.8 Å². The highest BCUT2D eigenvalue weighted by atomic mass is 32.2. The first-order chi connectivity index (χ1) is 13.0. The molecular formula is C18H23N3O5S2. The lowest BCUT2D eigenvalue weighted by Gasteiger charge is -2.11. The van der Waals surface area contributed by atoms with Crippen LogP contribution in [0.4, 0.5) is 0 Å². The number of amides is 1. The number of carbonyl (C=O) groups excluding carboxylic acids is 1. The molecule has 0 fully saturated rings. The molecule has 0 aliphatic heterocycles. The van der Waals surface area contributed by atoms with Gasteiger partial charge in [0.2, 0.25) is 20.0 Å². The Balaban J connectivity index is 2.14. The molecule has 0 bridgehead atoms. The maximum absolute atomic E-state index is 12.4. The van der Waals surface area contributed by atoms with Crippen LogP contribution in [0.1, 0.15) is 29.8 Å². The summed E-state index contributed by atoms with van der Waals surface area (Å²) in [4.78, 5) is 12.4. The standard InChI is InChI=1S/C18H23N3O5S2/c1-13(2)21-28(25,26)16-8-4-6-14(10-16)12-20-18(22)15-7-5-9-17(11-15)27(23,24)19-3/h4-11,13,19,21H,12H2,1-3H3,(H,20,22). The summed E-state index contributed by atoms with van der Waals surface area (Å²) < 4.78 is 52.9. The van der Waals surface area contributed by atoms with E-state index >= 15 is 0 Å². The van der Waals surface area contributed by atoms with Gasteiger partial charge in [-0.2, -0.15) is 0 Å². The molecular weight excluding hydrogens is 402 g/mol. The Morgan fingerprint density at radius 2 is 1.54 bits per heavy atom. The topological polar surface area (TPSA) is 121 Å². The Labute approximate surface area is 165 Å². The summed E-state index contributed by atoms with van der Waals surface area (Å²) in [6, 6.07) is 11.6. The first kappa shape index (κ1) is 22.0. The number of rotatable bonds is 8. The quantitative estimate of drug-likeness (QED) is 0.587. The lowest BCUT2D eigenvalue weighted by atomic mass is 10.2. The second-order valence-corrected chi connectivity index (χ2v) is 9.94. The molecule has 0 radical (unpaired) electrons.